The van der Waals surface area contributed by atoms with Gasteiger partial charge in [0.05, 0.1) is 0 Å². The highest BCUT2D eigenvalue weighted by atomic mass is 35.5. The maximum absolute atomic E-state index is 12.5. The number of carbonyl (C=O) groups excluding carboxylic acids is 2. The van der Waals surface area contributed by atoms with Gasteiger partial charge in [0.15, 0.2) is 6.61 Å². The van der Waals surface area contributed by atoms with Crippen molar-refractivity contribution in [3.63, 3.8) is 0 Å². The zero-order valence-corrected chi connectivity index (χ0v) is 16.1. The fourth-order valence-corrected chi connectivity index (χ4v) is 3.34. The zero-order valence-electron chi connectivity index (χ0n) is 15.4. The molecule has 0 bridgehead atoms. The molecule has 0 aromatic heterocycles. The van der Waals surface area contributed by atoms with Crippen molar-refractivity contribution in [2.24, 2.45) is 0 Å². The van der Waals surface area contributed by atoms with E-state index < -0.39 is 0 Å². The first kappa shape index (κ1) is 19.2. The number of anilines is 1. The smallest absolute Gasteiger partial charge is 0.260 e. The van der Waals surface area contributed by atoms with Gasteiger partial charge in [-0.25, -0.2) is 0 Å². The summed E-state index contributed by atoms with van der Waals surface area (Å²) in [5.74, 6) is 0.612. The predicted molar refractivity (Wildman–Crippen MR) is 106 cm³/mol. The number of amides is 2. The van der Waals surface area contributed by atoms with Gasteiger partial charge in [-0.3, -0.25) is 9.59 Å². The summed E-state index contributed by atoms with van der Waals surface area (Å²) < 4.78 is 5.69. The molecular weight excluding hydrogens is 364 g/mol. The summed E-state index contributed by atoms with van der Waals surface area (Å²) in [5.41, 5.74) is 1.79. The normalized spacial score (nSPS) is 13.7. The second-order valence-corrected chi connectivity index (χ2v) is 6.91. The first-order chi connectivity index (χ1) is 13.1. The molecule has 1 aliphatic rings. The molecule has 0 unspecified atom stereocenters. The number of likely N-dealkylation sites (N-methyl/N-ethyl adjacent to an activating group) is 1. The summed E-state index contributed by atoms with van der Waals surface area (Å²) in [6.45, 7) is 3.68. The van der Waals surface area contributed by atoms with Crippen molar-refractivity contribution >= 4 is 29.1 Å². The Morgan fingerprint density at radius 2 is 2.04 bits per heavy atom. The molecule has 0 N–H and O–H groups in total. The van der Waals surface area contributed by atoms with Gasteiger partial charge in [-0.2, -0.15) is 0 Å². The third-order valence-electron chi connectivity index (χ3n) is 4.56. The van der Waals surface area contributed by atoms with Crippen LogP contribution in [-0.4, -0.2) is 36.4 Å². The minimum absolute atomic E-state index is 0.0498. The molecule has 2 aromatic rings. The number of ether oxygens (including phenoxy) is 1. The Hall–Kier alpha value is -2.53. The summed E-state index contributed by atoms with van der Waals surface area (Å²) in [6.07, 6.45) is 1.45. The SMILES string of the molecule is CCN(Cc1cccc(Cl)c1)C(=O)COc1cccc(N2CCCC2=O)c1. The molecule has 0 atom stereocenters. The lowest BCUT2D eigenvalue weighted by molar-refractivity contribution is -0.133. The summed E-state index contributed by atoms with van der Waals surface area (Å²) in [7, 11) is 0. The van der Waals surface area contributed by atoms with Crippen molar-refractivity contribution in [3.8, 4) is 5.75 Å². The van der Waals surface area contributed by atoms with Crippen molar-refractivity contribution in [1.29, 1.82) is 0 Å². The van der Waals surface area contributed by atoms with Gasteiger partial charge >= 0.3 is 0 Å². The molecule has 1 fully saturated rings. The number of halogens is 1. The first-order valence-corrected chi connectivity index (χ1v) is 9.50. The van der Waals surface area contributed by atoms with Gasteiger partial charge in [0.25, 0.3) is 5.91 Å². The fourth-order valence-electron chi connectivity index (χ4n) is 3.13. The van der Waals surface area contributed by atoms with Crippen LogP contribution in [0.2, 0.25) is 5.02 Å². The lowest BCUT2D eigenvalue weighted by Crippen LogP contribution is -2.34. The van der Waals surface area contributed by atoms with Crippen molar-refractivity contribution in [2.75, 3.05) is 24.6 Å². The summed E-state index contributed by atoms with van der Waals surface area (Å²) in [5, 5.41) is 0.653. The lowest BCUT2D eigenvalue weighted by atomic mass is 10.2. The largest absolute Gasteiger partial charge is 0.484 e. The number of benzene rings is 2. The fraction of sp³-hybridized carbons (Fsp3) is 0.333. The van der Waals surface area contributed by atoms with E-state index in [-0.39, 0.29) is 18.4 Å². The van der Waals surface area contributed by atoms with Gasteiger partial charge < -0.3 is 14.5 Å². The van der Waals surface area contributed by atoms with Gasteiger partial charge in [-0.1, -0.05) is 29.8 Å². The van der Waals surface area contributed by atoms with Crippen LogP contribution in [0.4, 0.5) is 5.69 Å². The third kappa shape index (κ3) is 5.01. The Morgan fingerprint density at radius 3 is 2.74 bits per heavy atom. The number of hydrogen-bond acceptors (Lipinski definition) is 3. The van der Waals surface area contributed by atoms with E-state index in [9.17, 15) is 9.59 Å². The molecule has 0 spiro atoms. The highest BCUT2D eigenvalue weighted by molar-refractivity contribution is 6.30. The average Bonchev–Trinajstić information content (AvgIpc) is 3.10. The van der Waals surface area contributed by atoms with Crippen LogP contribution in [0.1, 0.15) is 25.3 Å². The Bertz CT molecular complexity index is 825. The van der Waals surface area contributed by atoms with E-state index in [4.69, 9.17) is 16.3 Å². The highest BCUT2D eigenvalue weighted by Gasteiger charge is 2.22. The van der Waals surface area contributed by atoms with E-state index in [0.717, 1.165) is 24.2 Å². The quantitative estimate of drug-likeness (QED) is 0.725. The summed E-state index contributed by atoms with van der Waals surface area (Å²) >= 11 is 6.02. The standard InChI is InChI=1S/C21H23ClN2O3/c1-2-23(14-16-6-3-7-17(22)12-16)21(26)15-27-19-9-4-8-18(13-19)24-11-5-10-20(24)25/h3-4,6-9,12-13H,2,5,10-11,14-15H2,1H3. The van der Waals surface area contributed by atoms with Crippen molar-refractivity contribution in [3.05, 3.63) is 59.1 Å². The minimum Gasteiger partial charge on any atom is -0.484 e. The Morgan fingerprint density at radius 1 is 1.22 bits per heavy atom. The van der Waals surface area contributed by atoms with Crippen LogP contribution in [-0.2, 0) is 16.1 Å². The minimum atomic E-state index is -0.0971. The van der Waals surface area contributed by atoms with Gasteiger partial charge in [0.1, 0.15) is 5.75 Å². The Balaban J connectivity index is 1.60. The van der Waals surface area contributed by atoms with E-state index in [2.05, 4.69) is 0 Å². The number of nitrogens with zero attached hydrogens (tertiary/aromatic N) is 2. The molecule has 1 heterocycles. The number of rotatable bonds is 7. The maximum Gasteiger partial charge on any atom is 0.260 e. The second kappa shape index (κ2) is 8.91. The topological polar surface area (TPSA) is 49.9 Å². The molecule has 0 radical (unpaired) electrons. The number of carbonyl (C=O) groups is 2. The Labute approximate surface area is 164 Å². The van der Waals surface area contributed by atoms with E-state index >= 15 is 0 Å². The molecule has 0 saturated carbocycles. The molecule has 5 nitrogen and oxygen atoms in total. The molecule has 1 aliphatic heterocycles. The van der Waals surface area contributed by atoms with Crippen molar-refractivity contribution < 1.29 is 14.3 Å². The lowest BCUT2D eigenvalue weighted by Gasteiger charge is -2.21. The predicted octanol–water partition coefficient (Wildman–Crippen LogP) is 3.89. The van der Waals surface area contributed by atoms with E-state index in [1.54, 1.807) is 15.9 Å². The monoisotopic (exact) mass is 386 g/mol. The van der Waals surface area contributed by atoms with Crippen LogP contribution in [0.3, 0.4) is 0 Å². The molecule has 1 saturated heterocycles. The highest BCUT2D eigenvalue weighted by Crippen LogP contribution is 2.25. The van der Waals surface area contributed by atoms with Crippen LogP contribution in [0, 0.1) is 0 Å². The van der Waals surface area contributed by atoms with E-state index in [1.165, 1.54) is 0 Å². The molecule has 27 heavy (non-hydrogen) atoms. The molecule has 6 heteroatoms. The zero-order chi connectivity index (χ0) is 19.2. The van der Waals surface area contributed by atoms with Gasteiger partial charge in [-0.15, -0.1) is 0 Å². The van der Waals surface area contributed by atoms with Crippen LogP contribution in [0.25, 0.3) is 0 Å². The summed E-state index contributed by atoms with van der Waals surface area (Å²) in [4.78, 5) is 27.9. The van der Waals surface area contributed by atoms with E-state index in [1.807, 2.05) is 49.4 Å². The molecule has 0 aliphatic carbocycles. The van der Waals surface area contributed by atoms with Crippen molar-refractivity contribution in [1.82, 2.24) is 4.90 Å². The molecular formula is C21H23ClN2O3. The Kier molecular flexibility index (Phi) is 6.35. The van der Waals surface area contributed by atoms with Gasteiger partial charge in [0, 0.05) is 42.8 Å². The van der Waals surface area contributed by atoms with E-state index in [0.29, 0.717) is 30.3 Å². The van der Waals surface area contributed by atoms with Crippen LogP contribution >= 0.6 is 11.6 Å². The molecule has 2 amide bonds. The van der Waals surface area contributed by atoms with Gasteiger partial charge in [0.2, 0.25) is 5.91 Å². The van der Waals surface area contributed by atoms with Crippen molar-refractivity contribution in [2.45, 2.75) is 26.3 Å². The average molecular weight is 387 g/mol. The molecule has 2 aromatic carbocycles. The molecule has 3 rings (SSSR count). The maximum atomic E-state index is 12.5. The first-order valence-electron chi connectivity index (χ1n) is 9.12. The van der Waals surface area contributed by atoms with Gasteiger partial charge in [-0.05, 0) is 43.2 Å². The van der Waals surface area contributed by atoms with Crippen LogP contribution < -0.4 is 9.64 Å². The number of hydrogen-bond donors (Lipinski definition) is 0. The third-order valence-corrected chi connectivity index (χ3v) is 4.80. The summed E-state index contributed by atoms with van der Waals surface area (Å²) in [6, 6.07) is 14.8. The van der Waals surface area contributed by atoms with Crippen LogP contribution in [0.5, 0.6) is 5.75 Å². The molecule has 142 valence electrons. The van der Waals surface area contributed by atoms with Crippen LogP contribution in [0.15, 0.2) is 48.5 Å². The second-order valence-electron chi connectivity index (χ2n) is 6.47.